The molecule has 12 rings (SSSR count). The minimum atomic E-state index is -0.150. The maximum absolute atomic E-state index is 5.34. The Kier molecular flexibility index (Phi) is 12.8. The van der Waals surface area contributed by atoms with Crippen LogP contribution >= 0.6 is 0 Å². The zero-order valence-electron chi connectivity index (χ0n) is 46.8. The number of hydrogen-bond acceptors (Lipinski definition) is 4. The fourth-order valence-corrected chi connectivity index (χ4v) is 11.5. The highest BCUT2D eigenvalue weighted by Crippen LogP contribution is 2.37. The number of nitrogens with zero attached hydrogens (tertiary/aromatic N) is 6. The molecule has 0 aliphatic rings. The number of hydrogen-bond donors (Lipinski definition) is 0. The molecule has 0 aliphatic carbocycles. The van der Waals surface area contributed by atoms with Crippen LogP contribution in [0.5, 0.6) is 0 Å². The van der Waals surface area contributed by atoms with Gasteiger partial charge in [-0.1, -0.05) is 187 Å². The van der Waals surface area contributed by atoms with Crippen LogP contribution in [0.1, 0.15) is 98.1 Å². The monoisotopic (exact) mass is 1020 g/mol. The minimum Gasteiger partial charge on any atom is -0.300 e. The van der Waals surface area contributed by atoms with Crippen LogP contribution in [0.15, 0.2) is 182 Å². The van der Waals surface area contributed by atoms with E-state index >= 15 is 0 Å². The van der Waals surface area contributed by atoms with Gasteiger partial charge in [0.25, 0.3) is 0 Å². The molecule has 7 aromatic carbocycles. The maximum Gasteiger partial charge on any atom is 0.148 e. The molecule has 0 amide bonds. The Morgan fingerprint density at radius 3 is 1.55 bits per heavy atom. The third kappa shape index (κ3) is 9.59. The summed E-state index contributed by atoms with van der Waals surface area (Å²) in [5.41, 5.74) is 25.5. The fraction of sp³-hybridized carbons (Fsp3) is 0.222. The molecule has 0 unspecified atom stereocenters. The molecule has 0 saturated carbocycles. The summed E-state index contributed by atoms with van der Waals surface area (Å²) in [4.78, 5) is 20.3. The number of fused-ring (bicyclic) bond motifs is 6. The minimum absolute atomic E-state index is 0.0425. The van der Waals surface area contributed by atoms with Crippen molar-refractivity contribution in [2.24, 2.45) is 0 Å². The second-order valence-electron chi connectivity index (χ2n) is 23.7. The number of imidazole rings is 2. The molecule has 0 N–H and O–H groups in total. The van der Waals surface area contributed by atoms with E-state index < -0.39 is 0 Å². The summed E-state index contributed by atoms with van der Waals surface area (Å²) < 4.78 is 4.64. The Morgan fingerprint density at radius 2 is 0.910 bits per heavy atom. The molecule has 6 heteroatoms. The topological polar surface area (TPSA) is 60.4 Å². The van der Waals surface area contributed by atoms with E-state index in [-0.39, 0.29) is 10.8 Å². The van der Waals surface area contributed by atoms with E-state index in [1.54, 1.807) is 0 Å². The van der Waals surface area contributed by atoms with Crippen LogP contribution in [0.4, 0.5) is 0 Å². The van der Waals surface area contributed by atoms with E-state index in [1.807, 2.05) is 6.20 Å². The summed E-state index contributed by atoms with van der Waals surface area (Å²) >= 11 is 0. The molecule has 0 radical (unpaired) electrons. The van der Waals surface area contributed by atoms with Crippen molar-refractivity contribution in [3.8, 4) is 55.8 Å². The summed E-state index contributed by atoms with van der Waals surface area (Å²) in [7, 11) is 0. The number of benzene rings is 7. The van der Waals surface area contributed by atoms with E-state index in [0.29, 0.717) is 0 Å². The summed E-state index contributed by atoms with van der Waals surface area (Å²) in [6.07, 6.45) is 5.55. The van der Waals surface area contributed by atoms with E-state index in [1.165, 1.54) is 83.4 Å². The number of pyridine rings is 2. The Balaban J connectivity index is 0.872. The molecule has 0 bridgehead atoms. The first-order chi connectivity index (χ1) is 37.5. The highest BCUT2D eigenvalue weighted by Gasteiger charge is 2.25. The first-order valence-electron chi connectivity index (χ1n) is 27.7. The SMILES string of the molecule is Cc1nc2c3ccc(CCc4cc(CCc5ccc6c(c5)nc(C(C)(C)C)n5c(C)c(C)nc65)cc(-c5ccccc5-c5ccc(-c6cc(-c7ccc(-c8ccccc8)cc7)ccn6)cc5)c4)cc3cc(C(C)(C)C)n2c1C. The van der Waals surface area contributed by atoms with Crippen LogP contribution in [0, 0.1) is 27.7 Å². The second-order valence-corrected chi connectivity index (χ2v) is 23.7. The lowest BCUT2D eigenvalue weighted by atomic mass is 9.89. The van der Waals surface area contributed by atoms with Crippen LogP contribution in [-0.4, -0.2) is 28.7 Å². The first-order valence-corrected chi connectivity index (χ1v) is 27.7. The van der Waals surface area contributed by atoms with Gasteiger partial charge in [0.05, 0.1) is 22.6 Å². The lowest BCUT2D eigenvalue weighted by Crippen LogP contribution is -2.19. The maximum atomic E-state index is 5.34. The van der Waals surface area contributed by atoms with Gasteiger partial charge in [-0.3, -0.25) is 9.38 Å². The lowest BCUT2D eigenvalue weighted by molar-refractivity contribution is 0.537. The largest absolute Gasteiger partial charge is 0.300 e. The van der Waals surface area contributed by atoms with Gasteiger partial charge in [0, 0.05) is 50.4 Å². The van der Waals surface area contributed by atoms with Crippen molar-refractivity contribution in [2.45, 2.75) is 106 Å². The van der Waals surface area contributed by atoms with Gasteiger partial charge >= 0.3 is 0 Å². The van der Waals surface area contributed by atoms with Crippen LogP contribution in [0.25, 0.3) is 88.7 Å². The molecule has 0 spiro atoms. The standard InChI is InChI=1S/C72H68N6/c1-45-47(3)77-67(71(5,6)7)44-60-39-49(24-34-63(60)68(77)74-45)20-22-51-38-52(23-21-50-25-35-64-66(42-50)76-70(72(8,9)10)78-48(4)46(2)75-69(64)78)41-59(40-51)62-19-15-14-18-61(62)56-30-32-57(33-31-56)65-43-58(36-37-73-65)55-28-26-54(27-29-55)53-16-12-11-13-17-53/h11-19,24-44H,20-23H2,1-10H3. The van der Waals surface area contributed by atoms with Crippen LogP contribution in [0.2, 0.25) is 0 Å². The summed E-state index contributed by atoms with van der Waals surface area (Å²) in [5, 5.41) is 3.54. The van der Waals surface area contributed by atoms with Gasteiger partial charge in [-0.05, 0) is 156 Å². The van der Waals surface area contributed by atoms with E-state index in [2.05, 4.69) is 254 Å². The van der Waals surface area contributed by atoms with Gasteiger partial charge in [-0.15, -0.1) is 0 Å². The van der Waals surface area contributed by atoms with Crippen molar-refractivity contribution in [2.75, 3.05) is 0 Å². The number of rotatable bonds is 11. The van der Waals surface area contributed by atoms with Crippen LogP contribution in [0.3, 0.4) is 0 Å². The second kappa shape index (κ2) is 19.8. The van der Waals surface area contributed by atoms with Crippen LogP contribution < -0.4 is 0 Å². The Bertz CT molecular complexity index is 4070. The zero-order chi connectivity index (χ0) is 54.0. The summed E-state index contributed by atoms with van der Waals surface area (Å²) in [6.45, 7) is 22.2. The van der Waals surface area contributed by atoms with E-state index in [9.17, 15) is 0 Å². The van der Waals surface area contributed by atoms with Crippen molar-refractivity contribution < 1.29 is 0 Å². The quantitative estimate of drug-likeness (QED) is 0.130. The lowest BCUT2D eigenvalue weighted by Gasteiger charge is -2.23. The predicted molar refractivity (Wildman–Crippen MR) is 326 cm³/mol. The molecule has 0 saturated heterocycles. The van der Waals surface area contributed by atoms with E-state index in [4.69, 9.17) is 19.9 Å². The van der Waals surface area contributed by atoms with Gasteiger partial charge in [-0.2, -0.15) is 0 Å². The van der Waals surface area contributed by atoms with Gasteiger partial charge in [0.2, 0.25) is 0 Å². The molecular formula is C72H68N6. The molecule has 0 fully saturated rings. The average Bonchev–Trinajstić information content (AvgIpc) is 4.09. The molecule has 0 aliphatic heterocycles. The first kappa shape index (κ1) is 50.3. The summed E-state index contributed by atoms with van der Waals surface area (Å²) in [6, 6.07) is 65.0. The molecular weight excluding hydrogens is 949 g/mol. The van der Waals surface area contributed by atoms with Gasteiger partial charge in [0.1, 0.15) is 17.1 Å². The normalized spacial score (nSPS) is 12.2. The van der Waals surface area contributed by atoms with Gasteiger partial charge in [0.15, 0.2) is 0 Å². The smallest absolute Gasteiger partial charge is 0.148 e. The van der Waals surface area contributed by atoms with Crippen molar-refractivity contribution in [3.63, 3.8) is 0 Å². The van der Waals surface area contributed by atoms with E-state index in [0.717, 1.165) is 87.6 Å². The zero-order valence-corrected chi connectivity index (χ0v) is 46.8. The fourth-order valence-electron chi connectivity index (χ4n) is 11.5. The molecule has 386 valence electrons. The van der Waals surface area contributed by atoms with Crippen molar-refractivity contribution in [1.82, 2.24) is 28.7 Å². The number of aryl methyl sites for hydroxylation is 8. The predicted octanol–water partition coefficient (Wildman–Crippen LogP) is 17.8. The van der Waals surface area contributed by atoms with Gasteiger partial charge < -0.3 is 4.40 Å². The highest BCUT2D eigenvalue weighted by atomic mass is 15.1. The van der Waals surface area contributed by atoms with Gasteiger partial charge in [-0.25, -0.2) is 15.0 Å². The highest BCUT2D eigenvalue weighted by molar-refractivity contribution is 5.96. The summed E-state index contributed by atoms with van der Waals surface area (Å²) in [5.74, 6) is 1.04. The molecule has 12 aromatic rings. The van der Waals surface area contributed by atoms with Crippen molar-refractivity contribution in [3.05, 3.63) is 239 Å². The molecule has 78 heavy (non-hydrogen) atoms. The number of aromatic nitrogens is 6. The molecule has 0 atom stereocenters. The Morgan fingerprint density at radius 1 is 0.385 bits per heavy atom. The Labute approximate surface area is 459 Å². The molecule has 5 aromatic heterocycles. The Hall–Kier alpha value is -8.48. The molecule has 5 heterocycles. The van der Waals surface area contributed by atoms with Crippen molar-refractivity contribution >= 4 is 33.0 Å². The van der Waals surface area contributed by atoms with Crippen molar-refractivity contribution in [1.29, 1.82) is 0 Å². The third-order valence-corrected chi connectivity index (χ3v) is 16.0. The van der Waals surface area contributed by atoms with Crippen LogP contribution in [-0.2, 0) is 36.5 Å². The molecule has 6 nitrogen and oxygen atoms in total. The average molecular weight is 1020 g/mol. The third-order valence-electron chi connectivity index (χ3n) is 16.0.